The van der Waals surface area contributed by atoms with E-state index in [2.05, 4.69) is 0 Å². The fraction of sp³-hybridized carbons (Fsp3) is 0.455. The summed E-state index contributed by atoms with van der Waals surface area (Å²) in [6.07, 6.45) is -3.90. The van der Waals surface area contributed by atoms with Crippen LogP contribution in [0.4, 0.5) is 22.0 Å². The lowest BCUT2D eigenvalue weighted by Gasteiger charge is -2.45. The molecule has 0 amide bonds. The highest BCUT2D eigenvalue weighted by Gasteiger charge is 2.47. The van der Waals surface area contributed by atoms with Gasteiger partial charge in [0.15, 0.2) is 17.4 Å². The Morgan fingerprint density at radius 1 is 1.03 bits per heavy atom. The standard InChI is InChI=1S/C22H24F5NO6S/c1-13(21(31,34-35(2,32)33)16-11-17(23)19(29)18(24)12-16)28-9-7-20(30,8-10-28)14-3-5-15(6-4-14)22(25,26)27/h3-6,11-13,29-31H,7-10H2,1-2H3. The van der Waals surface area contributed by atoms with E-state index in [0.29, 0.717) is 18.4 Å². The first-order valence-electron chi connectivity index (χ1n) is 10.4. The third kappa shape index (κ3) is 5.75. The number of alkyl halides is 3. The van der Waals surface area contributed by atoms with Crippen LogP contribution in [0.1, 0.15) is 36.5 Å². The number of halogens is 5. The summed E-state index contributed by atoms with van der Waals surface area (Å²) in [5.41, 5.74) is -2.71. The van der Waals surface area contributed by atoms with Gasteiger partial charge in [-0.05, 0) is 49.6 Å². The van der Waals surface area contributed by atoms with E-state index in [9.17, 15) is 45.7 Å². The minimum absolute atomic E-state index is 0.00401. The highest BCUT2D eigenvalue weighted by molar-refractivity contribution is 7.86. The normalized spacial score (nSPS) is 19.8. The Morgan fingerprint density at radius 3 is 1.94 bits per heavy atom. The average molecular weight is 525 g/mol. The molecular formula is C22H24F5NO6S. The van der Waals surface area contributed by atoms with E-state index in [0.717, 1.165) is 12.1 Å². The summed E-state index contributed by atoms with van der Waals surface area (Å²) >= 11 is 0. The molecule has 7 nitrogen and oxygen atoms in total. The second kappa shape index (κ2) is 9.28. The molecule has 0 spiro atoms. The van der Waals surface area contributed by atoms with Crippen LogP contribution in [0.3, 0.4) is 0 Å². The minimum Gasteiger partial charge on any atom is -0.503 e. The van der Waals surface area contributed by atoms with Crippen molar-refractivity contribution in [3.05, 3.63) is 64.7 Å². The third-order valence-electron chi connectivity index (χ3n) is 6.20. The van der Waals surface area contributed by atoms with Gasteiger partial charge >= 0.3 is 6.18 Å². The van der Waals surface area contributed by atoms with Crippen LogP contribution >= 0.6 is 0 Å². The van der Waals surface area contributed by atoms with Gasteiger partial charge in [0, 0.05) is 18.7 Å². The summed E-state index contributed by atoms with van der Waals surface area (Å²) in [5.74, 6) is -6.98. The molecule has 2 unspecified atom stereocenters. The SMILES string of the molecule is CC(N1CCC(O)(c2ccc(C(F)(F)F)cc2)CC1)C(O)(OS(C)(=O)=O)c1cc(F)c(O)c(F)c1. The molecule has 2 aromatic rings. The smallest absolute Gasteiger partial charge is 0.416 e. The number of phenolic OH excluding ortho intramolecular Hbond substituents is 1. The number of likely N-dealkylation sites (tertiary alicyclic amines) is 1. The first-order chi connectivity index (χ1) is 16.0. The van der Waals surface area contributed by atoms with Gasteiger partial charge in [-0.25, -0.2) is 13.0 Å². The van der Waals surface area contributed by atoms with Crippen LogP contribution in [-0.4, -0.2) is 54.0 Å². The summed E-state index contributed by atoms with van der Waals surface area (Å²) in [4.78, 5) is 1.51. The van der Waals surface area contributed by atoms with E-state index in [1.807, 2.05) is 0 Å². The van der Waals surface area contributed by atoms with E-state index in [1.54, 1.807) is 0 Å². The Labute approximate surface area is 198 Å². The summed E-state index contributed by atoms with van der Waals surface area (Å²) in [5, 5.41) is 31.6. The molecule has 3 N–H and O–H groups in total. The fourth-order valence-corrected chi connectivity index (χ4v) is 4.85. The van der Waals surface area contributed by atoms with Crippen LogP contribution in [0.25, 0.3) is 0 Å². The van der Waals surface area contributed by atoms with Crippen molar-refractivity contribution >= 4 is 10.1 Å². The van der Waals surface area contributed by atoms with Crippen LogP contribution in [0.5, 0.6) is 5.75 Å². The predicted octanol–water partition coefficient (Wildman–Crippen LogP) is 3.18. The zero-order valence-corrected chi connectivity index (χ0v) is 19.5. The highest BCUT2D eigenvalue weighted by Crippen LogP contribution is 2.40. The van der Waals surface area contributed by atoms with E-state index in [-0.39, 0.29) is 31.5 Å². The highest BCUT2D eigenvalue weighted by atomic mass is 32.2. The second-order valence-electron chi connectivity index (χ2n) is 8.59. The first kappa shape index (κ1) is 27.3. The number of rotatable bonds is 6. The predicted molar refractivity (Wildman–Crippen MR) is 113 cm³/mol. The Balaban J connectivity index is 1.86. The van der Waals surface area contributed by atoms with Gasteiger partial charge in [-0.3, -0.25) is 4.90 Å². The Kier molecular flexibility index (Phi) is 7.23. The number of nitrogens with zero attached hydrogens (tertiary/aromatic N) is 1. The fourth-order valence-electron chi connectivity index (χ4n) is 4.15. The second-order valence-corrected chi connectivity index (χ2v) is 10.2. The zero-order valence-electron chi connectivity index (χ0n) is 18.7. The van der Waals surface area contributed by atoms with E-state index >= 15 is 0 Å². The van der Waals surface area contributed by atoms with Crippen molar-refractivity contribution in [2.45, 2.75) is 43.4 Å². The van der Waals surface area contributed by atoms with Crippen LogP contribution in [0.2, 0.25) is 0 Å². The summed E-state index contributed by atoms with van der Waals surface area (Å²) in [7, 11) is -4.36. The molecule has 0 bridgehead atoms. The van der Waals surface area contributed by atoms with Crippen molar-refractivity contribution < 1.29 is 49.9 Å². The Morgan fingerprint density at radius 2 is 1.51 bits per heavy atom. The molecule has 35 heavy (non-hydrogen) atoms. The molecule has 0 aromatic heterocycles. The van der Waals surface area contributed by atoms with Crippen molar-refractivity contribution in [3.8, 4) is 5.75 Å². The summed E-state index contributed by atoms with van der Waals surface area (Å²) < 4.78 is 95.1. The van der Waals surface area contributed by atoms with Crippen molar-refractivity contribution in [1.82, 2.24) is 4.90 Å². The van der Waals surface area contributed by atoms with Crippen LogP contribution < -0.4 is 0 Å². The molecule has 1 aliphatic heterocycles. The lowest BCUT2D eigenvalue weighted by molar-refractivity contribution is -0.196. The molecule has 1 heterocycles. The number of aliphatic hydroxyl groups is 2. The molecule has 13 heteroatoms. The average Bonchev–Trinajstić information content (AvgIpc) is 2.75. The third-order valence-corrected chi connectivity index (χ3v) is 6.75. The molecule has 1 aliphatic rings. The largest absolute Gasteiger partial charge is 0.503 e. The molecule has 194 valence electrons. The van der Waals surface area contributed by atoms with Gasteiger partial charge in [0.1, 0.15) is 0 Å². The lowest BCUT2D eigenvalue weighted by Crippen LogP contribution is -2.55. The van der Waals surface area contributed by atoms with Gasteiger partial charge in [-0.15, -0.1) is 0 Å². The molecule has 2 aromatic carbocycles. The zero-order chi connectivity index (χ0) is 26.4. The Hall–Kier alpha value is -2.32. The summed E-state index contributed by atoms with van der Waals surface area (Å²) in [6, 6.07) is 3.92. The molecule has 0 aliphatic carbocycles. The van der Waals surface area contributed by atoms with Gasteiger partial charge in [0.2, 0.25) is 5.79 Å². The van der Waals surface area contributed by atoms with Crippen LogP contribution in [-0.2, 0) is 31.9 Å². The minimum atomic E-state index is -4.53. The van der Waals surface area contributed by atoms with Gasteiger partial charge in [-0.2, -0.15) is 21.6 Å². The van der Waals surface area contributed by atoms with E-state index in [4.69, 9.17) is 4.18 Å². The molecule has 1 fully saturated rings. The van der Waals surface area contributed by atoms with Gasteiger partial charge in [0.05, 0.1) is 23.5 Å². The lowest BCUT2D eigenvalue weighted by atomic mass is 9.83. The maximum Gasteiger partial charge on any atom is 0.416 e. The number of benzene rings is 2. The van der Waals surface area contributed by atoms with Gasteiger partial charge < -0.3 is 15.3 Å². The van der Waals surface area contributed by atoms with Gasteiger partial charge in [-0.1, -0.05) is 12.1 Å². The van der Waals surface area contributed by atoms with E-state index < -0.39 is 62.2 Å². The van der Waals surface area contributed by atoms with Crippen molar-refractivity contribution in [3.63, 3.8) is 0 Å². The number of phenols is 1. The molecule has 0 saturated carbocycles. The van der Waals surface area contributed by atoms with E-state index in [1.165, 1.54) is 24.0 Å². The topological polar surface area (TPSA) is 107 Å². The van der Waals surface area contributed by atoms with Crippen molar-refractivity contribution in [1.29, 1.82) is 0 Å². The molecule has 1 saturated heterocycles. The number of aromatic hydroxyl groups is 1. The maximum absolute atomic E-state index is 14.0. The monoisotopic (exact) mass is 525 g/mol. The molecule has 2 atom stereocenters. The number of piperidine rings is 1. The molecule has 0 radical (unpaired) electrons. The first-order valence-corrected chi connectivity index (χ1v) is 12.2. The summed E-state index contributed by atoms with van der Waals surface area (Å²) in [6.45, 7) is 1.39. The maximum atomic E-state index is 14.0. The molecular weight excluding hydrogens is 501 g/mol. The van der Waals surface area contributed by atoms with Crippen molar-refractivity contribution in [2.24, 2.45) is 0 Å². The number of hydrogen-bond acceptors (Lipinski definition) is 7. The molecule has 3 rings (SSSR count). The quantitative estimate of drug-likeness (QED) is 0.302. The van der Waals surface area contributed by atoms with Gasteiger partial charge in [0.25, 0.3) is 10.1 Å². The Bertz CT molecular complexity index is 1160. The number of hydrogen-bond donors (Lipinski definition) is 3. The van der Waals surface area contributed by atoms with Crippen LogP contribution in [0, 0.1) is 11.6 Å². The van der Waals surface area contributed by atoms with Crippen LogP contribution in [0.15, 0.2) is 36.4 Å². The van der Waals surface area contributed by atoms with Crippen molar-refractivity contribution in [2.75, 3.05) is 19.3 Å².